The van der Waals surface area contributed by atoms with Crippen molar-refractivity contribution in [3.8, 4) is 0 Å². The van der Waals surface area contributed by atoms with Crippen molar-refractivity contribution in [2.45, 2.75) is 24.1 Å². The van der Waals surface area contributed by atoms with Gasteiger partial charge in [-0.15, -0.1) is 0 Å². The minimum atomic E-state index is -4.74. The Labute approximate surface area is 175 Å². The van der Waals surface area contributed by atoms with Crippen molar-refractivity contribution in [2.24, 2.45) is 0 Å². The van der Waals surface area contributed by atoms with Crippen LogP contribution in [0.15, 0.2) is 52.2 Å². The molecule has 0 unspecified atom stereocenters. The molecule has 1 heterocycles. The highest BCUT2D eigenvalue weighted by Crippen LogP contribution is 2.20. The second-order valence-corrected chi connectivity index (χ2v) is 8.68. The summed E-state index contributed by atoms with van der Waals surface area (Å²) in [4.78, 5) is 32.7. The van der Waals surface area contributed by atoms with Gasteiger partial charge in [-0.25, -0.2) is 13.4 Å². The fraction of sp³-hybridized carbons (Fsp3) is 0.211. The van der Waals surface area contributed by atoms with Gasteiger partial charge in [-0.1, -0.05) is 11.6 Å². The molecular weight excluding hydrogens is 440 g/mol. The fourth-order valence-electron chi connectivity index (χ4n) is 2.82. The maximum atomic E-state index is 12.8. The van der Waals surface area contributed by atoms with E-state index in [-0.39, 0.29) is 30.0 Å². The molecule has 0 bridgehead atoms. The van der Waals surface area contributed by atoms with Crippen molar-refractivity contribution in [2.75, 3.05) is 6.54 Å². The van der Waals surface area contributed by atoms with Crippen LogP contribution in [0.25, 0.3) is 10.9 Å². The maximum absolute atomic E-state index is 12.8. The van der Waals surface area contributed by atoms with E-state index < -0.39 is 26.4 Å². The zero-order valence-electron chi connectivity index (χ0n) is 15.6. The number of benzene rings is 2. The zero-order chi connectivity index (χ0) is 22.1. The molecule has 0 atom stereocenters. The smallest absolute Gasteiger partial charge is 0.331 e. The highest BCUT2D eigenvalue weighted by atomic mass is 35.5. The summed E-state index contributed by atoms with van der Waals surface area (Å²) in [5.41, 5.74) is 0.110. The van der Waals surface area contributed by atoms with Gasteiger partial charge in [0.1, 0.15) is 5.82 Å². The van der Waals surface area contributed by atoms with E-state index >= 15 is 0 Å². The molecule has 7 nitrogen and oxygen atoms in total. The van der Waals surface area contributed by atoms with Crippen LogP contribution in [0.1, 0.15) is 23.1 Å². The quantitative estimate of drug-likeness (QED) is 0.615. The second kappa shape index (κ2) is 8.49. The Balaban J connectivity index is 1.87. The Kier molecular flexibility index (Phi) is 6.18. The number of aromatic nitrogens is 2. The lowest BCUT2D eigenvalue weighted by Crippen LogP contribution is -2.32. The number of nitrogens with one attached hydrogen (secondary N) is 1. The number of aromatic amines is 1. The van der Waals surface area contributed by atoms with Gasteiger partial charge in [0.2, 0.25) is 9.84 Å². The van der Waals surface area contributed by atoms with Crippen LogP contribution < -0.4 is 5.56 Å². The second-order valence-electron chi connectivity index (χ2n) is 6.32. The summed E-state index contributed by atoms with van der Waals surface area (Å²) in [5, 5.41) is 0.766. The number of amides is 1. The van der Waals surface area contributed by atoms with Gasteiger partial charge in [0.15, 0.2) is 0 Å². The number of alkyl halides is 2. The molecule has 0 saturated carbocycles. The third-order valence-electron chi connectivity index (χ3n) is 4.39. The van der Waals surface area contributed by atoms with Crippen LogP contribution in [0.5, 0.6) is 0 Å². The first-order chi connectivity index (χ1) is 14.1. The molecule has 0 spiro atoms. The van der Waals surface area contributed by atoms with E-state index in [0.29, 0.717) is 15.9 Å². The topological polar surface area (TPSA) is 100 Å². The van der Waals surface area contributed by atoms with E-state index in [2.05, 4.69) is 9.97 Å². The molecule has 0 aliphatic heterocycles. The molecule has 0 fully saturated rings. The molecule has 158 valence electrons. The Hall–Kier alpha value is -2.85. The Morgan fingerprint density at radius 3 is 2.47 bits per heavy atom. The zero-order valence-corrected chi connectivity index (χ0v) is 17.2. The molecule has 3 aromatic rings. The van der Waals surface area contributed by atoms with Gasteiger partial charge in [0.25, 0.3) is 11.5 Å². The van der Waals surface area contributed by atoms with Crippen LogP contribution in [-0.4, -0.2) is 41.5 Å². The molecule has 3 rings (SSSR count). The Bertz CT molecular complexity index is 1260. The lowest BCUT2D eigenvalue weighted by Gasteiger charge is -2.20. The highest BCUT2D eigenvalue weighted by Gasteiger charge is 2.27. The molecule has 0 radical (unpaired) electrons. The van der Waals surface area contributed by atoms with Gasteiger partial charge >= 0.3 is 5.76 Å². The predicted octanol–water partition coefficient (Wildman–Crippen LogP) is 3.24. The molecule has 0 aliphatic carbocycles. The largest absolute Gasteiger partial charge is 0.341 e. The number of sulfone groups is 1. The molecule has 0 aliphatic rings. The average molecular weight is 456 g/mol. The van der Waals surface area contributed by atoms with E-state index in [1.54, 1.807) is 19.1 Å². The van der Waals surface area contributed by atoms with E-state index in [4.69, 9.17) is 11.6 Å². The molecule has 1 aromatic heterocycles. The number of carbonyl (C=O) groups excluding carboxylic acids is 1. The lowest BCUT2D eigenvalue weighted by atomic mass is 10.2. The standard InChI is InChI=1S/C19H16ClF2N3O4S/c1-2-25(10-16-23-15-9-12(20)5-8-14(15)17(26)24-16)18(27)11-3-6-13(7-4-11)30(28,29)19(21)22/h3-9,19H,2,10H2,1H3,(H,23,24,26). The molecule has 1 amide bonds. The van der Waals surface area contributed by atoms with Crippen molar-refractivity contribution in [3.63, 3.8) is 0 Å². The lowest BCUT2D eigenvalue weighted by molar-refractivity contribution is 0.0748. The summed E-state index contributed by atoms with van der Waals surface area (Å²) < 4.78 is 48.3. The van der Waals surface area contributed by atoms with Gasteiger partial charge in [0, 0.05) is 17.1 Å². The van der Waals surface area contributed by atoms with Gasteiger partial charge in [0.05, 0.1) is 22.3 Å². The summed E-state index contributed by atoms with van der Waals surface area (Å²) >= 11 is 5.94. The number of H-pyrrole nitrogens is 1. The van der Waals surface area contributed by atoms with Crippen LogP contribution in [0.3, 0.4) is 0 Å². The summed E-state index contributed by atoms with van der Waals surface area (Å²) in [6.45, 7) is 1.95. The van der Waals surface area contributed by atoms with Crippen LogP contribution in [0.2, 0.25) is 5.02 Å². The first kappa shape index (κ1) is 21.8. The number of nitrogens with zero attached hydrogens (tertiary/aromatic N) is 2. The van der Waals surface area contributed by atoms with E-state index in [1.807, 2.05) is 0 Å². The molecule has 11 heteroatoms. The summed E-state index contributed by atoms with van der Waals surface area (Å²) in [7, 11) is -4.74. The molecular formula is C19H16ClF2N3O4S. The number of rotatable bonds is 6. The number of hydrogen-bond acceptors (Lipinski definition) is 5. The van der Waals surface area contributed by atoms with Crippen molar-refractivity contribution in [1.29, 1.82) is 0 Å². The highest BCUT2D eigenvalue weighted by molar-refractivity contribution is 7.91. The monoisotopic (exact) mass is 455 g/mol. The normalized spacial score (nSPS) is 11.8. The fourth-order valence-corrected chi connectivity index (χ4v) is 3.70. The van der Waals surface area contributed by atoms with Crippen molar-refractivity contribution in [3.05, 3.63) is 69.2 Å². The van der Waals surface area contributed by atoms with E-state index in [1.165, 1.54) is 11.0 Å². The van der Waals surface area contributed by atoms with Gasteiger partial charge in [-0.3, -0.25) is 9.59 Å². The van der Waals surface area contributed by atoms with Crippen LogP contribution in [-0.2, 0) is 16.4 Å². The number of halogens is 3. The number of hydrogen-bond donors (Lipinski definition) is 1. The molecule has 0 saturated heterocycles. The maximum Gasteiger partial charge on any atom is 0.341 e. The minimum Gasteiger partial charge on any atom is -0.331 e. The first-order valence-corrected chi connectivity index (χ1v) is 10.7. The third kappa shape index (κ3) is 4.34. The molecule has 2 aromatic carbocycles. The minimum absolute atomic E-state index is 0.0237. The van der Waals surface area contributed by atoms with Crippen molar-refractivity contribution >= 4 is 38.2 Å². The summed E-state index contributed by atoms with van der Waals surface area (Å²) in [5.74, 6) is -3.79. The summed E-state index contributed by atoms with van der Waals surface area (Å²) in [6, 6.07) is 8.90. The number of fused-ring (bicyclic) bond motifs is 1. The Morgan fingerprint density at radius 2 is 1.87 bits per heavy atom. The SMILES string of the molecule is CCN(Cc1nc2cc(Cl)ccc2c(=O)[nH]1)C(=O)c1ccc(S(=O)(=O)C(F)F)cc1. The van der Waals surface area contributed by atoms with Gasteiger partial charge < -0.3 is 9.88 Å². The number of carbonyl (C=O) groups is 1. The Morgan fingerprint density at radius 1 is 1.20 bits per heavy atom. The third-order valence-corrected chi connectivity index (χ3v) is 6.03. The predicted molar refractivity (Wildman–Crippen MR) is 107 cm³/mol. The van der Waals surface area contributed by atoms with Crippen LogP contribution in [0.4, 0.5) is 8.78 Å². The van der Waals surface area contributed by atoms with E-state index in [0.717, 1.165) is 24.3 Å². The van der Waals surface area contributed by atoms with E-state index in [9.17, 15) is 26.8 Å². The van der Waals surface area contributed by atoms with Crippen LogP contribution >= 0.6 is 11.6 Å². The van der Waals surface area contributed by atoms with Crippen molar-refractivity contribution < 1.29 is 22.0 Å². The summed E-state index contributed by atoms with van der Waals surface area (Å²) in [6.07, 6.45) is 0. The van der Waals surface area contributed by atoms with Crippen LogP contribution in [0, 0.1) is 0 Å². The molecule has 1 N–H and O–H groups in total. The van der Waals surface area contributed by atoms with Gasteiger partial charge in [-0.2, -0.15) is 8.78 Å². The van der Waals surface area contributed by atoms with Crippen molar-refractivity contribution in [1.82, 2.24) is 14.9 Å². The average Bonchev–Trinajstić information content (AvgIpc) is 2.71. The molecule has 30 heavy (non-hydrogen) atoms. The van der Waals surface area contributed by atoms with Gasteiger partial charge in [-0.05, 0) is 49.4 Å². The first-order valence-electron chi connectivity index (χ1n) is 8.73.